The number of carbonyl (C=O) groups excluding carboxylic acids is 3. The average molecular weight is 660 g/mol. The molecule has 2 heterocycles. The van der Waals surface area contributed by atoms with E-state index in [0.29, 0.717) is 9.21 Å². The van der Waals surface area contributed by atoms with E-state index in [4.69, 9.17) is 14.4 Å². The number of carboxylic acid groups (broad SMARTS) is 1. The SMILES string of the molecule is CS(=O)(=O)N1CCN(C(=O)N[C@@H](C(=O)N[C@H]2Cc3cccc(C(=O)O)c3OB2O)c2ccc(CP(=O)(O)O)c(F)c2F)C1=O. The molecular formula is C23H24BF2N4O12PS. The Balaban J connectivity index is 1.66. The summed E-state index contributed by atoms with van der Waals surface area (Å²) < 4.78 is 70.9. The summed E-state index contributed by atoms with van der Waals surface area (Å²) in [5.41, 5.74) is -1.62. The molecule has 21 heteroatoms. The fourth-order valence-electron chi connectivity index (χ4n) is 4.65. The monoisotopic (exact) mass is 660 g/mol. The topological polar surface area (TPSA) is 240 Å². The van der Waals surface area contributed by atoms with Crippen LogP contribution in [0.4, 0.5) is 18.4 Å². The molecule has 0 spiro atoms. The van der Waals surface area contributed by atoms with Crippen LogP contribution in [0.3, 0.4) is 0 Å². The zero-order valence-corrected chi connectivity index (χ0v) is 24.2. The highest BCUT2D eigenvalue weighted by atomic mass is 32.2. The molecule has 0 aliphatic carbocycles. The lowest BCUT2D eigenvalue weighted by atomic mass is 9.72. The van der Waals surface area contributed by atoms with Crippen molar-refractivity contribution in [2.45, 2.75) is 24.6 Å². The Hall–Kier alpha value is -4.10. The number of halogens is 2. The number of carboxylic acids is 1. The molecule has 2 aromatic rings. The number of rotatable bonds is 8. The lowest BCUT2D eigenvalue weighted by Crippen LogP contribution is -2.56. The van der Waals surface area contributed by atoms with Gasteiger partial charge in [0.05, 0.1) is 37.0 Å². The predicted octanol–water partition coefficient (Wildman–Crippen LogP) is -0.0718. The Morgan fingerprint density at radius 3 is 2.43 bits per heavy atom. The third kappa shape index (κ3) is 6.84. The number of aromatic carboxylic acids is 1. The van der Waals surface area contributed by atoms with Gasteiger partial charge < -0.3 is 35.2 Å². The van der Waals surface area contributed by atoms with Crippen LogP contribution in [0.5, 0.6) is 5.75 Å². The number of benzene rings is 2. The van der Waals surface area contributed by atoms with Gasteiger partial charge in [-0.05, 0) is 18.1 Å². The maximum atomic E-state index is 15.3. The normalized spacial score (nSPS) is 17.5. The summed E-state index contributed by atoms with van der Waals surface area (Å²) in [5.74, 6) is -7.65. The number of nitrogens with one attached hydrogen (secondary N) is 2. The van der Waals surface area contributed by atoms with Crippen LogP contribution in [0.2, 0.25) is 0 Å². The number of sulfonamides is 1. The van der Waals surface area contributed by atoms with Gasteiger partial charge in [-0.1, -0.05) is 24.3 Å². The number of carbonyl (C=O) groups is 4. The van der Waals surface area contributed by atoms with E-state index in [0.717, 1.165) is 18.4 Å². The van der Waals surface area contributed by atoms with Crippen molar-refractivity contribution < 1.29 is 65.5 Å². The number of fused-ring (bicyclic) bond motifs is 1. The molecule has 1 fully saturated rings. The predicted molar refractivity (Wildman–Crippen MR) is 145 cm³/mol. The molecule has 0 aromatic heterocycles. The van der Waals surface area contributed by atoms with Crippen LogP contribution >= 0.6 is 7.60 Å². The smallest absolute Gasteiger partial charge is 0.534 e. The van der Waals surface area contributed by atoms with E-state index in [-0.39, 0.29) is 23.3 Å². The molecule has 0 unspecified atom stereocenters. The molecule has 6 N–H and O–H groups in total. The summed E-state index contributed by atoms with van der Waals surface area (Å²) in [6.07, 6.45) is -0.683. The molecule has 44 heavy (non-hydrogen) atoms. The largest absolute Gasteiger partial charge is 0.547 e. The van der Waals surface area contributed by atoms with E-state index in [1.165, 1.54) is 18.2 Å². The molecule has 2 aliphatic rings. The molecule has 4 rings (SSSR count). The quantitative estimate of drug-likeness (QED) is 0.161. The fraction of sp³-hybridized carbons (Fsp3) is 0.304. The number of nitrogens with zero attached hydrogens (tertiary/aromatic N) is 2. The van der Waals surface area contributed by atoms with Gasteiger partial charge in [-0.3, -0.25) is 9.36 Å². The standard InChI is InChI=1S/C23H24BF2N4O12PS/c1-44(40,41)30-8-7-29(23(30)35)22(34)28-18(13-6-5-12(10-43(37,38)39)16(25)17(13)26)20(31)27-15-9-11-3-2-4-14(21(32)33)19(11)42-24(15)36/h2-6,15,18,36H,7-10H2,1H3,(H,27,31)(H,28,34)(H,32,33)(H2,37,38,39)/t15-,18+/m0/s1. The van der Waals surface area contributed by atoms with Crippen molar-refractivity contribution in [1.82, 2.24) is 19.8 Å². The van der Waals surface area contributed by atoms with Crippen molar-refractivity contribution in [3.63, 3.8) is 0 Å². The average Bonchev–Trinajstić information content (AvgIpc) is 3.31. The highest BCUT2D eigenvalue weighted by molar-refractivity contribution is 7.88. The third-order valence-corrected chi connectivity index (χ3v) is 8.60. The second kappa shape index (κ2) is 12.1. The number of imide groups is 1. The Morgan fingerprint density at radius 1 is 1.16 bits per heavy atom. The van der Waals surface area contributed by atoms with Crippen molar-refractivity contribution in [2.24, 2.45) is 0 Å². The van der Waals surface area contributed by atoms with Crippen LogP contribution in [0.25, 0.3) is 0 Å². The lowest BCUT2D eigenvalue weighted by molar-refractivity contribution is -0.123. The van der Waals surface area contributed by atoms with Gasteiger partial charge in [0.2, 0.25) is 15.9 Å². The van der Waals surface area contributed by atoms with Gasteiger partial charge in [-0.2, -0.15) is 0 Å². The molecule has 0 bridgehead atoms. The third-order valence-electron chi connectivity index (χ3n) is 6.70. The Kier molecular flexibility index (Phi) is 9.04. The van der Waals surface area contributed by atoms with E-state index >= 15 is 4.39 Å². The fourth-order valence-corrected chi connectivity index (χ4v) is 6.14. The van der Waals surface area contributed by atoms with Crippen molar-refractivity contribution in [1.29, 1.82) is 0 Å². The highest BCUT2D eigenvalue weighted by Crippen LogP contribution is 2.40. The lowest BCUT2D eigenvalue weighted by Gasteiger charge is -2.30. The first kappa shape index (κ1) is 32.8. The van der Waals surface area contributed by atoms with E-state index in [1.807, 2.05) is 5.32 Å². The molecule has 2 aromatic carbocycles. The molecule has 0 saturated carbocycles. The molecule has 236 valence electrons. The molecule has 2 atom stereocenters. The Bertz CT molecular complexity index is 1710. The molecular weight excluding hydrogens is 636 g/mol. The summed E-state index contributed by atoms with van der Waals surface area (Å²) in [4.78, 5) is 69.3. The van der Waals surface area contributed by atoms with Gasteiger partial charge in [0.25, 0.3) is 0 Å². The van der Waals surface area contributed by atoms with E-state index in [1.54, 1.807) is 0 Å². The summed E-state index contributed by atoms with van der Waals surface area (Å²) >= 11 is 0. The zero-order valence-electron chi connectivity index (χ0n) is 22.5. The Labute approximate surface area is 247 Å². The molecule has 0 radical (unpaired) electrons. The van der Waals surface area contributed by atoms with Crippen LogP contribution in [-0.4, -0.2) is 93.9 Å². The van der Waals surface area contributed by atoms with Crippen molar-refractivity contribution >= 4 is 48.7 Å². The van der Waals surface area contributed by atoms with Crippen molar-refractivity contribution in [2.75, 3.05) is 19.3 Å². The van der Waals surface area contributed by atoms with Gasteiger partial charge >= 0.3 is 32.7 Å². The summed E-state index contributed by atoms with van der Waals surface area (Å²) in [6, 6.07) is 0.782. The second-order valence-electron chi connectivity index (χ2n) is 9.84. The van der Waals surface area contributed by atoms with Crippen molar-refractivity contribution in [3.8, 4) is 5.75 Å². The van der Waals surface area contributed by atoms with Gasteiger partial charge in [0.1, 0.15) is 11.8 Å². The first-order valence-electron chi connectivity index (χ1n) is 12.5. The van der Waals surface area contributed by atoms with E-state index in [2.05, 4.69) is 5.32 Å². The molecule has 2 aliphatic heterocycles. The van der Waals surface area contributed by atoms with Crippen LogP contribution in [0, 0.1) is 11.6 Å². The van der Waals surface area contributed by atoms with Gasteiger partial charge in [-0.25, -0.2) is 40.8 Å². The summed E-state index contributed by atoms with van der Waals surface area (Å²) in [7, 11) is -10.8. The van der Waals surface area contributed by atoms with Crippen LogP contribution in [-0.2, 0) is 32.0 Å². The van der Waals surface area contributed by atoms with Gasteiger partial charge in [0, 0.05) is 11.1 Å². The van der Waals surface area contributed by atoms with Gasteiger partial charge in [0.15, 0.2) is 11.6 Å². The first-order chi connectivity index (χ1) is 20.4. The maximum Gasteiger partial charge on any atom is 0.547 e. The number of para-hydroxylation sites is 1. The number of amides is 5. The van der Waals surface area contributed by atoms with Crippen LogP contribution in [0.1, 0.15) is 33.1 Å². The van der Waals surface area contributed by atoms with Crippen LogP contribution in [0.15, 0.2) is 30.3 Å². The van der Waals surface area contributed by atoms with Crippen LogP contribution < -0.4 is 15.3 Å². The minimum Gasteiger partial charge on any atom is -0.534 e. The van der Waals surface area contributed by atoms with E-state index < -0.39 is 103 Å². The second-order valence-corrected chi connectivity index (χ2v) is 13.4. The Morgan fingerprint density at radius 2 is 1.84 bits per heavy atom. The zero-order chi connectivity index (χ0) is 32.7. The minimum atomic E-state index is -4.86. The van der Waals surface area contributed by atoms with E-state index in [9.17, 15) is 46.7 Å². The summed E-state index contributed by atoms with van der Waals surface area (Å²) in [5, 5.41) is 24.2. The molecule has 5 amide bonds. The number of hydrogen-bond acceptors (Lipinski definition) is 9. The van der Waals surface area contributed by atoms with Gasteiger partial charge in [-0.15, -0.1) is 0 Å². The summed E-state index contributed by atoms with van der Waals surface area (Å²) in [6.45, 7) is -0.882. The highest BCUT2D eigenvalue weighted by Gasteiger charge is 2.42. The number of hydrogen-bond donors (Lipinski definition) is 6. The molecule has 16 nitrogen and oxygen atoms in total. The number of urea groups is 2. The minimum absolute atomic E-state index is 0.167. The maximum absolute atomic E-state index is 15.3. The molecule has 1 saturated heterocycles. The first-order valence-corrected chi connectivity index (χ1v) is 16.1. The van der Waals surface area contributed by atoms with Crippen molar-refractivity contribution in [3.05, 3.63) is 64.2 Å².